The van der Waals surface area contributed by atoms with Crippen LogP contribution in [0, 0.1) is 5.92 Å². The number of primary amides is 1. The molecule has 0 heterocycles. The van der Waals surface area contributed by atoms with Gasteiger partial charge in [-0.1, -0.05) is 32.4 Å². The van der Waals surface area contributed by atoms with Crippen LogP contribution >= 0.6 is 50.5 Å². The van der Waals surface area contributed by atoms with Gasteiger partial charge in [0.1, 0.15) is 78.3 Å². The third kappa shape index (κ3) is 27.2. The summed E-state index contributed by atoms with van der Waals surface area (Å²) < 4.78 is 0. The summed E-state index contributed by atoms with van der Waals surface area (Å²) in [5, 5.41) is 67.6. The van der Waals surface area contributed by atoms with Crippen molar-refractivity contribution >= 4 is 133 Å². The lowest BCUT2D eigenvalue weighted by Crippen LogP contribution is -2.61. The van der Waals surface area contributed by atoms with E-state index >= 15 is 0 Å². The number of hydrogen-bond donors (Lipinski definition) is 22. The molecule has 1 rings (SSSR count). The normalized spacial score (nSPS) is 16.2. The Balaban J connectivity index is 3.19. The maximum Gasteiger partial charge on any atom is 0.303 e. The Bertz CT molecular complexity index is 2590. The Kier molecular flexibility index (Phi) is 34.8. The topological polar surface area (TPSA) is 516 Å². The third-order valence-electron chi connectivity index (χ3n) is 13.0. The van der Waals surface area contributed by atoms with Gasteiger partial charge in [0.25, 0.3) is 0 Å². The second kappa shape index (κ2) is 38.9. The molecule has 0 radical (unpaired) electrons. The van der Waals surface area contributed by atoms with E-state index in [1.54, 1.807) is 13.8 Å². The second-order valence-corrected chi connectivity index (χ2v) is 21.6. The molecule has 32 nitrogen and oxygen atoms in total. The number of carbonyl (C=O) groups excluding carboxylic acids is 13. The van der Waals surface area contributed by atoms with E-state index in [1.807, 2.05) is 0 Å². The molecule has 0 aliphatic carbocycles. The molecule has 36 heteroatoms. The van der Waals surface area contributed by atoms with Crippen molar-refractivity contribution in [3.63, 3.8) is 0 Å². The first kappa shape index (κ1) is 77.9. The van der Waals surface area contributed by atoms with Gasteiger partial charge < -0.3 is 95.7 Å². The number of aromatic hydroxyl groups is 1. The quantitative estimate of drug-likeness (QED) is 0.0274. The van der Waals surface area contributed by atoms with Gasteiger partial charge in [0, 0.05) is 35.9 Å². The van der Waals surface area contributed by atoms with Crippen LogP contribution < -0.4 is 75.3 Å². The van der Waals surface area contributed by atoms with Crippen LogP contribution in [0.2, 0.25) is 0 Å². The van der Waals surface area contributed by atoms with Crippen molar-refractivity contribution in [3.8, 4) is 5.75 Å². The van der Waals surface area contributed by atoms with Crippen LogP contribution in [0.5, 0.6) is 5.75 Å². The third-order valence-corrected chi connectivity index (χ3v) is 14.4. The van der Waals surface area contributed by atoms with Gasteiger partial charge in [-0.3, -0.25) is 67.1 Å². The monoisotopic (exact) mass is 1310 g/mol. The van der Waals surface area contributed by atoms with E-state index in [-0.39, 0.29) is 41.6 Å². The lowest BCUT2D eigenvalue weighted by Gasteiger charge is -2.29. The zero-order chi connectivity index (χ0) is 66.6. The van der Waals surface area contributed by atoms with E-state index in [0.29, 0.717) is 5.56 Å². The number of amides is 13. The predicted octanol–water partition coefficient (Wildman–Crippen LogP) is -7.35. The summed E-state index contributed by atoms with van der Waals surface area (Å²) in [6.07, 6.45) is -3.91. The van der Waals surface area contributed by atoms with E-state index in [1.165, 1.54) is 52.0 Å². The fourth-order valence-corrected chi connectivity index (χ4v) is 8.36. The maximum absolute atomic E-state index is 13.9. The fourth-order valence-electron chi connectivity index (χ4n) is 7.32. The molecule has 0 aliphatic rings. The number of aliphatic hydroxyl groups is 2. The molecule has 13 amide bonds. The van der Waals surface area contributed by atoms with Gasteiger partial charge in [-0.25, -0.2) is 0 Å². The fraction of sp³-hybridized carbons (Fsp3) is 0.608. The molecule has 15 atom stereocenters. The molecular formula is C51H82N14O18S4. The molecule has 20 N–H and O–H groups in total. The van der Waals surface area contributed by atoms with Gasteiger partial charge in [-0.15, -0.1) is 0 Å². The molecule has 0 unspecified atom stereocenters. The number of benzene rings is 1. The molecule has 0 fully saturated rings. The number of nitrogens with two attached hydrogens (primary N) is 2. The molecular weight excluding hydrogens is 1220 g/mol. The first-order valence-corrected chi connectivity index (χ1v) is 29.6. The molecule has 0 spiro atoms. The zero-order valence-corrected chi connectivity index (χ0v) is 52.4. The molecule has 0 aliphatic heterocycles. The van der Waals surface area contributed by atoms with Crippen LogP contribution in [-0.4, -0.2) is 217 Å². The number of nitrogens with one attached hydrogen (secondary N) is 12. The van der Waals surface area contributed by atoms with E-state index in [0.717, 1.165) is 6.92 Å². The van der Waals surface area contributed by atoms with Crippen molar-refractivity contribution in [3.05, 3.63) is 29.8 Å². The van der Waals surface area contributed by atoms with Crippen molar-refractivity contribution in [2.24, 2.45) is 17.4 Å². The lowest BCUT2D eigenvalue weighted by molar-refractivity contribution is -0.139. The van der Waals surface area contributed by atoms with E-state index in [9.17, 15) is 87.5 Å². The van der Waals surface area contributed by atoms with Crippen LogP contribution in [0.3, 0.4) is 0 Å². The molecule has 0 saturated carbocycles. The number of aliphatic hydroxyl groups excluding tert-OH is 2. The van der Waals surface area contributed by atoms with Crippen LogP contribution in [-0.2, 0) is 73.5 Å². The Hall–Kier alpha value is -7.12. The number of carboxylic acid groups (broad SMARTS) is 1. The highest BCUT2D eigenvalue weighted by atomic mass is 32.1. The van der Waals surface area contributed by atoms with Gasteiger partial charge in [0.05, 0.1) is 18.8 Å². The van der Waals surface area contributed by atoms with Gasteiger partial charge in [-0.05, 0) is 64.7 Å². The van der Waals surface area contributed by atoms with Crippen LogP contribution in [0.1, 0.15) is 73.3 Å². The number of carbonyl (C=O) groups is 14. The highest BCUT2D eigenvalue weighted by molar-refractivity contribution is 7.80. The SMILES string of the molecule is CC[C@H](C)[C@H](NC(=O)[C@H](CCC(=O)O)NC(=O)[C@H](CS)NC(=O)[C@@H](N)[C@@H](C)O)C(=O)N[C@@H](CS)C(=O)N[C@@H](C)C(=O)N[C@@H](Cc1ccc(O)cc1)C(=O)N[C@@H](C)C(=O)N[C@@H](C)C(=O)N[C@@H](CS)C(=O)N[C@H](C(=O)NCC(=O)N[C@@H](CS)C(N)=O)[C@@H](C)O. The molecule has 87 heavy (non-hydrogen) atoms. The van der Waals surface area contributed by atoms with Crippen molar-refractivity contribution in [2.75, 3.05) is 29.6 Å². The first-order chi connectivity index (χ1) is 40.7. The molecule has 0 aromatic heterocycles. The second-order valence-electron chi connectivity index (χ2n) is 20.1. The molecule has 1 aromatic carbocycles. The van der Waals surface area contributed by atoms with Gasteiger partial charge in [0.2, 0.25) is 76.8 Å². The highest BCUT2D eigenvalue weighted by Gasteiger charge is 2.36. The number of phenols is 1. The number of thiol groups is 4. The number of aliphatic carboxylic acids is 1. The number of carboxylic acids is 1. The lowest BCUT2D eigenvalue weighted by atomic mass is 9.97. The van der Waals surface area contributed by atoms with Gasteiger partial charge in [0.15, 0.2) is 0 Å². The van der Waals surface area contributed by atoms with Crippen molar-refractivity contribution in [1.29, 1.82) is 0 Å². The maximum atomic E-state index is 13.9. The summed E-state index contributed by atoms with van der Waals surface area (Å²) in [6, 6.07) is -11.8. The van der Waals surface area contributed by atoms with E-state index in [4.69, 9.17) is 11.5 Å². The summed E-state index contributed by atoms with van der Waals surface area (Å²) in [7, 11) is 0. The molecule has 488 valence electrons. The average Bonchev–Trinajstić information content (AvgIpc) is 3.08. The molecule has 0 bridgehead atoms. The van der Waals surface area contributed by atoms with Crippen LogP contribution in [0.25, 0.3) is 0 Å². The summed E-state index contributed by atoms with van der Waals surface area (Å²) in [6.45, 7) is 8.68. The molecule has 1 aromatic rings. The Morgan fingerprint density at radius 2 is 0.862 bits per heavy atom. The van der Waals surface area contributed by atoms with Crippen molar-refractivity contribution in [1.82, 2.24) is 63.8 Å². The summed E-state index contributed by atoms with van der Waals surface area (Å²) in [4.78, 5) is 183. The summed E-state index contributed by atoms with van der Waals surface area (Å²) in [5.74, 6) is -15.6. The van der Waals surface area contributed by atoms with E-state index < -0.39 is 193 Å². The summed E-state index contributed by atoms with van der Waals surface area (Å²) in [5.41, 5.74) is 11.2. The van der Waals surface area contributed by atoms with Crippen molar-refractivity contribution in [2.45, 2.75) is 159 Å². The largest absolute Gasteiger partial charge is 0.508 e. The van der Waals surface area contributed by atoms with Gasteiger partial charge in [-0.2, -0.15) is 50.5 Å². The number of hydrogen-bond acceptors (Lipinski definition) is 22. The minimum absolute atomic E-state index is 0.127. The average molecular weight is 1310 g/mol. The standard InChI is InChI=1S/C51H82N14O18S4/c1-8-21(2)38(64-44(76)29(13-14-36(70)71)59-47(79)33(19-86)62-49(81)37(52)25(6)66)51(83)63-32(18-85)46(78)57-24(5)42(74)60-30(15-27-9-11-28(68)12-10-27)45(77)56-22(3)41(73)55-23(4)43(75)61-34(20-87)48(80)65-39(26(7)67)50(82)54-16-35(69)58-31(17-84)40(53)72/h9-12,21-26,29-34,37-39,66-68,84-87H,8,13-20,52H2,1-7H3,(H2,53,72)(H,54,82)(H,55,73)(H,56,77)(H,57,78)(H,58,69)(H,59,79)(H,60,74)(H,61,75)(H,62,81)(H,63,83)(H,64,76)(H,65,80)(H,70,71)/t21-,22-,23-,24-,25+,26+,29-,30-,31-,32-,33-,34-,37-,38-,39-/m0/s1. The highest BCUT2D eigenvalue weighted by Crippen LogP contribution is 2.14. The minimum Gasteiger partial charge on any atom is -0.508 e. The molecule has 0 saturated heterocycles. The smallest absolute Gasteiger partial charge is 0.303 e. The number of rotatable bonds is 38. The first-order valence-electron chi connectivity index (χ1n) is 27.1. The van der Waals surface area contributed by atoms with Crippen molar-refractivity contribution < 1.29 is 87.5 Å². The zero-order valence-electron chi connectivity index (χ0n) is 48.8. The Morgan fingerprint density at radius 3 is 1.31 bits per heavy atom. The minimum atomic E-state index is -1.66. The van der Waals surface area contributed by atoms with Gasteiger partial charge >= 0.3 is 5.97 Å². The van der Waals surface area contributed by atoms with E-state index in [2.05, 4.69) is 114 Å². The Morgan fingerprint density at radius 1 is 0.471 bits per heavy atom. The van der Waals surface area contributed by atoms with Crippen LogP contribution in [0.4, 0.5) is 0 Å². The number of phenolic OH excluding ortho intramolecular Hbond substituents is 1. The predicted molar refractivity (Wildman–Crippen MR) is 325 cm³/mol. The Labute approximate surface area is 523 Å². The summed E-state index contributed by atoms with van der Waals surface area (Å²) >= 11 is 16.3. The van der Waals surface area contributed by atoms with Crippen LogP contribution in [0.15, 0.2) is 24.3 Å².